The maximum Gasteiger partial charge on any atom is 0.229 e. The van der Waals surface area contributed by atoms with E-state index in [1.807, 2.05) is 29.1 Å². The summed E-state index contributed by atoms with van der Waals surface area (Å²) < 4.78 is 1.84. The van der Waals surface area contributed by atoms with E-state index in [9.17, 15) is 9.59 Å². The normalized spacial score (nSPS) is 16.7. The average Bonchev–Trinajstić information content (AvgIpc) is 3.35. The molecule has 2 heterocycles. The minimum atomic E-state index is -0.362. The molecule has 2 aromatic rings. The predicted molar refractivity (Wildman–Crippen MR) is 120 cm³/mol. The minimum absolute atomic E-state index is 0.00836. The van der Waals surface area contributed by atoms with E-state index in [0.29, 0.717) is 18.2 Å². The van der Waals surface area contributed by atoms with Crippen molar-refractivity contribution in [1.29, 1.82) is 0 Å². The molecule has 1 aromatic heterocycles. The minimum Gasteiger partial charge on any atom is -0.323 e. The highest BCUT2D eigenvalue weighted by molar-refractivity contribution is 6.03. The summed E-state index contributed by atoms with van der Waals surface area (Å²) in [4.78, 5) is 29.4. The first-order valence-electron chi connectivity index (χ1n) is 10.9. The molecule has 1 fully saturated rings. The van der Waals surface area contributed by atoms with E-state index in [4.69, 9.17) is 0 Å². The van der Waals surface area contributed by atoms with Crippen molar-refractivity contribution < 1.29 is 9.59 Å². The number of nitrogens with one attached hydrogen (secondary N) is 1. The number of benzene rings is 1. The van der Waals surface area contributed by atoms with Crippen LogP contribution in [0.2, 0.25) is 0 Å². The maximum atomic E-state index is 12.7. The van der Waals surface area contributed by atoms with Gasteiger partial charge in [-0.15, -0.1) is 0 Å². The fourth-order valence-corrected chi connectivity index (χ4v) is 3.76. The van der Waals surface area contributed by atoms with E-state index in [1.54, 1.807) is 11.1 Å². The van der Waals surface area contributed by atoms with Crippen LogP contribution in [-0.2, 0) is 16.1 Å². The van der Waals surface area contributed by atoms with Crippen LogP contribution < -0.4 is 10.2 Å². The number of carbonyl (C=O) groups is 2. The summed E-state index contributed by atoms with van der Waals surface area (Å²) in [7, 11) is 0. The van der Waals surface area contributed by atoms with Gasteiger partial charge in [-0.05, 0) is 36.7 Å². The summed E-state index contributed by atoms with van der Waals surface area (Å²) in [6.07, 6.45) is 3.75. The third-order valence-corrected chi connectivity index (χ3v) is 5.78. The molecule has 0 aliphatic carbocycles. The van der Waals surface area contributed by atoms with E-state index in [2.05, 4.69) is 49.1 Å². The number of rotatable bonds is 9. The number of carbonyl (C=O) groups excluding carboxylic acids is 2. The summed E-state index contributed by atoms with van der Waals surface area (Å²) in [6.45, 7) is 12.7. The van der Waals surface area contributed by atoms with Gasteiger partial charge in [-0.25, -0.2) is 0 Å². The summed E-state index contributed by atoms with van der Waals surface area (Å²) in [5.74, 6) is -0.112. The van der Waals surface area contributed by atoms with Gasteiger partial charge in [0.2, 0.25) is 11.8 Å². The standard InChI is InChI=1S/C23H33N5O2/c1-5-26(6-2)10-11-27-16-20(14-24-27)25-23(30)19-13-22(29)28(15-19)21-9-7-8-18(12-21)17(3)4/h7-9,12,14,16-17,19H,5-6,10-11,13,15H2,1-4H3,(H,25,30). The molecule has 1 saturated heterocycles. The Balaban J connectivity index is 1.58. The van der Waals surface area contributed by atoms with Gasteiger partial charge < -0.3 is 15.1 Å². The van der Waals surface area contributed by atoms with Gasteiger partial charge in [0.05, 0.1) is 24.3 Å². The SMILES string of the molecule is CCN(CC)CCn1cc(NC(=O)C2CC(=O)N(c3cccc(C(C)C)c3)C2)cn1. The summed E-state index contributed by atoms with van der Waals surface area (Å²) in [5, 5.41) is 7.27. The molecule has 0 saturated carbocycles. The van der Waals surface area contributed by atoms with Crippen LogP contribution in [0.25, 0.3) is 0 Å². The Morgan fingerprint density at radius 1 is 1.30 bits per heavy atom. The first kappa shape index (κ1) is 22.0. The number of anilines is 2. The topological polar surface area (TPSA) is 70.5 Å². The van der Waals surface area contributed by atoms with E-state index < -0.39 is 0 Å². The molecule has 162 valence electrons. The zero-order valence-electron chi connectivity index (χ0n) is 18.5. The van der Waals surface area contributed by atoms with E-state index >= 15 is 0 Å². The highest BCUT2D eigenvalue weighted by Gasteiger charge is 2.35. The van der Waals surface area contributed by atoms with Crippen molar-refractivity contribution in [2.75, 3.05) is 36.4 Å². The lowest BCUT2D eigenvalue weighted by atomic mass is 10.0. The fraction of sp³-hybridized carbons (Fsp3) is 0.522. The monoisotopic (exact) mass is 411 g/mol. The lowest BCUT2D eigenvalue weighted by molar-refractivity contribution is -0.122. The Labute approximate surface area is 179 Å². The molecule has 1 aromatic carbocycles. The molecule has 1 atom stereocenters. The van der Waals surface area contributed by atoms with Gasteiger partial charge in [-0.2, -0.15) is 5.10 Å². The lowest BCUT2D eigenvalue weighted by Crippen LogP contribution is -2.28. The number of hydrogen-bond acceptors (Lipinski definition) is 4. The second-order valence-corrected chi connectivity index (χ2v) is 8.16. The van der Waals surface area contributed by atoms with Crippen molar-refractivity contribution in [1.82, 2.24) is 14.7 Å². The Hall–Kier alpha value is -2.67. The Morgan fingerprint density at radius 3 is 2.77 bits per heavy atom. The maximum absolute atomic E-state index is 12.7. The number of likely N-dealkylation sites (N-methyl/N-ethyl adjacent to an activating group) is 1. The van der Waals surface area contributed by atoms with Crippen molar-refractivity contribution in [3.8, 4) is 0 Å². The molecule has 0 bridgehead atoms. The molecule has 0 radical (unpaired) electrons. The highest BCUT2D eigenvalue weighted by Crippen LogP contribution is 2.28. The molecular weight excluding hydrogens is 378 g/mol. The van der Waals surface area contributed by atoms with Crippen molar-refractivity contribution >= 4 is 23.2 Å². The van der Waals surface area contributed by atoms with E-state index in [1.165, 1.54) is 5.56 Å². The Kier molecular flexibility index (Phi) is 7.26. The molecule has 1 N–H and O–H groups in total. The molecule has 1 aliphatic rings. The van der Waals surface area contributed by atoms with Gasteiger partial charge >= 0.3 is 0 Å². The van der Waals surface area contributed by atoms with Crippen LogP contribution in [0.4, 0.5) is 11.4 Å². The van der Waals surface area contributed by atoms with Gasteiger partial charge in [-0.3, -0.25) is 14.3 Å². The quantitative estimate of drug-likeness (QED) is 0.687. The molecule has 7 heteroatoms. The summed E-state index contributed by atoms with van der Waals surface area (Å²) in [5.41, 5.74) is 2.73. The molecule has 3 rings (SSSR count). The number of nitrogens with zero attached hydrogens (tertiary/aromatic N) is 4. The van der Waals surface area contributed by atoms with Crippen molar-refractivity contribution in [2.24, 2.45) is 5.92 Å². The zero-order valence-corrected chi connectivity index (χ0v) is 18.5. The molecule has 2 amide bonds. The summed E-state index contributed by atoms with van der Waals surface area (Å²) in [6, 6.07) is 8.02. The first-order valence-corrected chi connectivity index (χ1v) is 10.9. The number of amides is 2. The smallest absolute Gasteiger partial charge is 0.229 e. The van der Waals surface area contributed by atoms with Gasteiger partial charge in [0, 0.05) is 31.4 Å². The zero-order chi connectivity index (χ0) is 21.7. The third kappa shape index (κ3) is 5.27. The average molecular weight is 412 g/mol. The largest absolute Gasteiger partial charge is 0.323 e. The van der Waals surface area contributed by atoms with Crippen LogP contribution in [0, 0.1) is 5.92 Å². The molecule has 30 heavy (non-hydrogen) atoms. The lowest BCUT2D eigenvalue weighted by Gasteiger charge is -2.18. The fourth-order valence-electron chi connectivity index (χ4n) is 3.76. The van der Waals surface area contributed by atoms with Crippen LogP contribution in [0.15, 0.2) is 36.7 Å². The van der Waals surface area contributed by atoms with Gasteiger partial charge in [0.1, 0.15) is 0 Å². The van der Waals surface area contributed by atoms with Crippen LogP contribution >= 0.6 is 0 Å². The second kappa shape index (κ2) is 9.89. The molecule has 1 unspecified atom stereocenters. The van der Waals surface area contributed by atoms with Gasteiger partial charge in [0.15, 0.2) is 0 Å². The number of aromatic nitrogens is 2. The molecular formula is C23H33N5O2. The van der Waals surface area contributed by atoms with Crippen LogP contribution in [0.1, 0.15) is 45.6 Å². The van der Waals surface area contributed by atoms with Gasteiger partial charge in [-0.1, -0.05) is 39.8 Å². The van der Waals surface area contributed by atoms with Gasteiger partial charge in [0.25, 0.3) is 0 Å². The first-order chi connectivity index (χ1) is 14.4. The third-order valence-electron chi connectivity index (χ3n) is 5.78. The highest BCUT2D eigenvalue weighted by atomic mass is 16.2. The Bertz CT molecular complexity index is 872. The van der Waals surface area contributed by atoms with Crippen LogP contribution in [0.3, 0.4) is 0 Å². The number of hydrogen-bond donors (Lipinski definition) is 1. The molecule has 0 spiro atoms. The van der Waals surface area contributed by atoms with Crippen LogP contribution in [-0.4, -0.2) is 52.7 Å². The van der Waals surface area contributed by atoms with E-state index in [-0.39, 0.29) is 24.2 Å². The van der Waals surface area contributed by atoms with Crippen molar-refractivity contribution in [3.63, 3.8) is 0 Å². The molecule has 1 aliphatic heterocycles. The van der Waals surface area contributed by atoms with Crippen molar-refractivity contribution in [2.45, 2.75) is 46.6 Å². The summed E-state index contributed by atoms with van der Waals surface area (Å²) >= 11 is 0. The second-order valence-electron chi connectivity index (χ2n) is 8.16. The predicted octanol–water partition coefficient (Wildman–Crippen LogP) is 3.34. The van der Waals surface area contributed by atoms with Crippen LogP contribution in [0.5, 0.6) is 0 Å². The Morgan fingerprint density at radius 2 is 2.07 bits per heavy atom. The molecule has 7 nitrogen and oxygen atoms in total. The van der Waals surface area contributed by atoms with Crippen molar-refractivity contribution in [3.05, 3.63) is 42.2 Å². The van der Waals surface area contributed by atoms with E-state index in [0.717, 1.165) is 31.9 Å².